The molecular weight excluding hydrogens is 302 g/mol. The molecule has 0 radical (unpaired) electrons. The lowest BCUT2D eigenvalue weighted by Crippen LogP contribution is -2.19. The molecule has 0 bridgehead atoms. The van der Waals surface area contributed by atoms with Crippen LogP contribution >= 0.6 is 0 Å². The van der Waals surface area contributed by atoms with Crippen molar-refractivity contribution in [3.05, 3.63) is 54.4 Å². The van der Waals surface area contributed by atoms with Crippen LogP contribution in [0, 0.1) is 11.3 Å². The lowest BCUT2D eigenvalue weighted by Gasteiger charge is -2.24. The van der Waals surface area contributed by atoms with Crippen LogP contribution in [-0.2, 0) is 4.74 Å². The first-order chi connectivity index (χ1) is 11.9. The normalized spacial score (nSPS) is 15.3. The van der Waals surface area contributed by atoms with E-state index in [0.717, 1.165) is 37.4 Å². The highest BCUT2D eigenvalue weighted by Gasteiger charge is 2.21. The monoisotopic (exact) mass is 319 g/mol. The SMILES string of the molecule is N#Cc1ccccc1-c1ccc(-c2nccn2C2CCOCC2)o1. The van der Waals surface area contributed by atoms with Gasteiger partial charge in [-0.1, -0.05) is 12.1 Å². The van der Waals surface area contributed by atoms with Crippen molar-refractivity contribution >= 4 is 0 Å². The van der Waals surface area contributed by atoms with E-state index in [1.807, 2.05) is 36.5 Å². The number of nitriles is 1. The van der Waals surface area contributed by atoms with Crippen LogP contribution in [0.1, 0.15) is 24.4 Å². The predicted molar refractivity (Wildman–Crippen MR) is 89.2 cm³/mol. The number of hydrogen-bond donors (Lipinski definition) is 0. The Kier molecular flexibility index (Phi) is 3.89. The molecule has 1 saturated heterocycles. The van der Waals surface area contributed by atoms with Crippen LogP contribution in [-0.4, -0.2) is 22.8 Å². The molecule has 1 fully saturated rings. The fraction of sp³-hybridized carbons (Fsp3) is 0.263. The number of aromatic nitrogens is 2. The van der Waals surface area contributed by atoms with Gasteiger partial charge in [-0.05, 0) is 37.1 Å². The molecule has 0 N–H and O–H groups in total. The summed E-state index contributed by atoms with van der Waals surface area (Å²) >= 11 is 0. The van der Waals surface area contributed by atoms with Gasteiger partial charge in [0.1, 0.15) is 5.76 Å². The van der Waals surface area contributed by atoms with E-state index < -0.39 is 0 Å². The molecule has 1 aliphatic rings. The highest BCUT2D eigenvalue weighted by Crippen LogP contribution is 2.32. The molecule has 5 heteroatoms. The van der Waals surface area contributed by atoms with Crippen LogP contribution in [0.25, 0.3) is 22.9 Å². The standard InChI is InChI=1S/C19H17N3O2/c20-13-14-3-1-2-4-16(14)17-5-6-18(24-17)19-21-9-10-22(19)15-7-11-23-12-8-15/h1-6,9-10,15H,7-8,11-12H2. The molecule has 5 nitrogen and oxygen atoms in total. The highest BCUT2D eigenvalue weighted by atomic mass is 16.5. The fourth-order valence-electron chi connectivity index (χ4n) is 3.16. The molecule has 0 aliphatic carbocycles. The second kappa shape index (κ2) is 6.34. The number of benzene rings is 1. The second-order valence-corrected chi connectivity index (χ2v) is 5.82. The van der Waals surface area contributed by atoms with Crippen molar-refractivity contribution in [1.82, 2.24) is 9.55 Å². The van der Waals surface area contributed by atoms with E-state index in [9.17, 15) is 5.26 Å². The van der Waals surface area contributed by atoms with Crippen molar-refractivity contribution in [2.24, 2.45) is 0 Å². The third-order valence-electron chi connectivity index (χ3n) is 4.39. The molecule has 0 spiro atoms. The number of nitrogens with zero attached hydrogens (tertiary/aromatic N) is 3. The smallest absolute Gasteiger partial charge is 0.176 e. The Morgan fingerprint density at radius 3 is 2.71 bits per heavy atom. The van der Waals surface area contributed by atoms with Gasteiger partial charge >= 0.3 is 0 Å². The lowest BCUT2D eigenvalue weighted by atomic mass is 10.1. The van der Waals surface area contributed by atoms with Crippen LogP contribution in [0.5, 0.6) is 0 Å². The molecule has 0 amide bonds. The molecule has 1 aliphatic heterocycles. The molecule has 24 heavy (non-hydrogen) atoms. The van der Waals surface area contributed by atoms with Gasteiger partial charge < -0.3 is 13.7 Å². The quantitative estimate of drug-likeness (QED) is 0.731. The fourth-order valence-corrected chi connectivity index (χ4v) is 3.16. The van der Waals surface area contributed by atoms with Crippen molar-refractivity contribution in [2.75, 3.05) is 13.2 Å². The number of imidazole rings is 1. The summed E-state index contributed by atoms with van der Waals surface area (Å²) in [5.74, 6) is 2.22. The average molecular weight is 319 g/mol. The first-order valence-electron chi connectivity index (χ1n) is 8.07. The van der Waals surface area contributed by atoms with Gasteiger partial charge in [0, 0.05) is 37.2 Å². The molecule has 0 unspecified atom stereocenters. The van der Waals surface area contributed by atoms with Crippen LogP contribution in [0.3, 0.4) is 0 Å². The van der Waals surface area contributed by atoms with Gasteiger partial charge in [0.05, 0.1) is 11.6 Å². The largest absolute Gasteiger partial charge is 0.453 e. The van der Waals surface area contributed by atoms with Gasteiger partial charge in [-0.2, -0.15) is 5.26 Å². The van der Waals surface area contributed by atoms with Crippen LogP contribution in [0.4, 0.5) is 0 Å². The van der Waals surface area contributed by atoms with Gasteiger partial charge in [-0.3, -0.25) is 0 Å². The third kappa shape index (κ3) is 2.61. The topological polar surface area (TPSA) is 64.0 Å². The lowest BCUT2D eigenvalue weighted by molar-refractivity contribution is 0.0699. The molecule has 3 heterocycles. The zero-order valence-corrected chi connectivity index (χ0v) is 13.2. The summed E-state index contributed by atoms with van der Waals surface area (Å²) in [6.07, 6.45) is 5.76. The summed E-state index contributed by atoms with van der Waals surface area (Å²) < 4.78 is 13.6. The molecular formula is C19H17N3O2. The van der Waals surface area contributed by atoms with E-state index in [1.54, 1.807) is 12.3 Å². The molecule has 0 saturated carbocycles. The molecule has 0 atom stereocenters. The predicted octanol–water partition coefficient (Wildman–Crippen LogP) is 4.03. The first kappa shape index (κ1) is 14.7. The minimum Gasteiger partial charge on any atom is -0.453 e. The van der Waals surface area contributed by atoms with Crippen LogP contribution < -0.4 is 0 Å². The Morgan fingerprint density at radius 2 is 1.88 bits per heavy atom. The Balaban J connectivity index is 1.69. The van der Waals surface area contributed by atoms with Crippen molar-refractivity contribution in [1.29, 1.82) is 5.26 Å². The summed E-state index contributed by atoms with van der Waals surface area (Å²) in [5.41, 5.74) is 1.40. The number of ether oxygens (including phenoxy) is 1. The Labute approximate surface area is 140 Å². The maximum absolute atomic E-state index is 9.26. The molecule has 4 rings (SSSR count). The van der Waals surface area contributed by atoms with Gasteiger partial charge in [-0.15, -0.1) is 0 Å². The Bertz CT molecular complexity index is 882. The van der Waals surface area contributed by atoms with Gasteiger partial charge in [0.2, 0.25) is 0 Å². The number of furan rings is 1. The van der Waals surface area contributed by atoms with Gasteiger partial charge in [0.15, 0.2) is 11.6 Å². The first-order valence-corrected chi connectivity index (χ1v) is 8.07. The minimum atomic E-state index is 0.385. The highest BCUT2D eigenvalue weighted by molar-refractivity contribution is 5.68. The van der Waals surface area contributed by atoms with E-state index >= 15 is 0 Å². The molecule has 120 valence electrons. The maximum Gasteiger partial charge on any atom is 0.176 e. The molecule has 3 aromatic rings. The van der Waals surface area contributed by atoms with Crippen LogP contribution in [0.15, 0.2) is 53.2 Å². The molecule has 1 aromatic carbocycles. The summed E-state index contributed by atoms with van der Waals surface area (Å²) in [6.45, 7) is 1.56. The van der Waals surface area contributed by atoms with E-state index in [-0.39, 0.29) is 0 Å². The number of rotatable bonds is 3. The Morgan fingerprint density at radius 1 is 1.08 bits per heavy atom. The van der Waals surface area contributed by atoms with Crippen molar-refractivity contribution in [3.63, 3.8) is 0 Å². The van der Waals surface area contributed by atoms with E-state index in [0.29, 0.717) is 23.1 Å². The summed E-state index contributed by atoms with van der Waals surface area (Å²) in [4.78, 5) is 4.47. The van der Waals surface area contributed by atoms with E-state index in [4.69, 9.17) is 9.15 Å². The zero-order valence-electron chi connectivity index (χ0n) is 13.2. The molecule has 2 aromatic heterocycles. The van der Waals surface area contributed by atoms with E-state index in [2.05, 4.69) is 15.6 Å². The van der Waals surface area contributed by atoms with Crippen molar-refractivity contribution in [3.8, 4) is 29.0 Å². The minimum absolute atomic E-state index is 0.385. The van der Waals surface area contributed by atoms with Gasteiger partial charge in [0.25, 0.3) is 0 Å². The average Bonchev–Trinajstić information content (AvgIpc) is 3.31. The summed E-state index contributed by atoms with van der Waals surface area (Å²) in [6, 6.07) is 13.8. The van der Waals surface area contributed by atoms with Crippen molar-refractivity contribution in [2.45, 2.75) is 18.9 Å². The maximum atomic E-state index is 9.26. The van der Waals surface area contributed by atoms with Gasteiger partial charge in [-0.25, -0.2) is 4.98 Å². The van der Waals surface area contributed by atoms with E-state index in [1.165, 1.54) is 0 Å². The second-order valence-electron chi connectivity index (χ2n) is 5.82. The summed E-state index contributed by atoms with van der Waals surface area (Å²) in [5, 5.41) is 9.26. The number of hydrogen-bond acceptors (Lipinski definition) is 4. The van der Waals surface area contributed by atoms with Crippen LogP contribution in [0.2, 0.25) is 0 Å². The Hall–Kier alpha value is -2.84. The van der Waals surface area contributed by atoms with Crippen molar-refractivity contribution < 1.29 is 9.15 Å². The zero-order chi connectivity index (χ0) is 16.4. The summed E-state index contributed by atoms with van der Waals surface area (Å²) in [7, 11) is 0. The third-order valence-corrected chi connectivity index (χ3v) is 4.39.